The predicted octanol–water partition coefficient (Wildman–Crippen LogP) is 4.91. The largest absolute Gasteiger partial charge is 0.455 e. The van der Waals surface area contributed by atoms with Gasteiger partial charge in [-0.2, -0.15) is 0 Å². The van der Waals surface area contributed by atoms with Gasteiger partial charge in [-0.05, 0) is 65.2 Å². The number of halogens is 3. The van der Waals surface area contributed by atoms with Crippen LogP contribution in [-0.4, -0.2) is 30.9 Å². The van der Waals surface area contributed by atoms with E-state index in [4.69, 9.17) is 27.9 Å². The van der Waals surface area contributed by atoms with Gasteiger partial charge in [0.15, 0.2) is 6.61 Å². The molecule has 1 fully saturated rings. The van der Waals surface area contributed by atoms with Gasteiger partial charge in [0, 0.05) is 33.8 Å². The molecule has 0 aromatic heterocycles. The van der Waals surface area contributed by atoms with E-state index in [0.717, 1.165) is 10.0 Å². The Morgan fingerprint density at radius 3 is 2.67 bits per heavy atom. The number of anilines is 2. The molecule has 0 radical (unpaired) electrons. The van der Waals surface area contributed by atoms with Crippen LogP contribution in [0.1, 0.15) is 17.5 Å². The summed E-state index contributed by atoms with van der Waals surface area (Å²) in [5.41, 5.74) is 2.75. The zero-order chi connectivity index (χ0) is 22.0. The minimum Gasteiger partial charge on any atom is -0.455 e. The Morgan fingerprint density at radius 1 is 1.23 bits per heavy atom. The van der Waals surface area contributed by atoms with Crippen molar-refractivity contribution >= 4 is 68.3 Å². The summed E-state index contributed by atoms with van der Waals surface area (Å²) in [6, 6.07) is 8.71. The van der Waals surface area contributed by atoms with Crippen molar-refractivity contribution in [3.63, 3.8) is 0 Å². The average Bonchev–Trinajstić information content (AvgIpc) is 3.10. The SMILES string of the molecule is Cc1ccc(N2C[C@@H](C(=O)OCC(=O)Nc3ccc(Br)c(Cl)c3C)CC2=O)cc1Cl. The van der Waals surface area contributed by atoms with Gasteiger partial charge in [0.2, 0.25) is 5.91 Å². The summed E-state index contributed by atoms with van der Waals surface area (Å²) in [6.45, 7) is 3.37. The Bertz CT molecular complexity index is 1030. The number of hydrogen-bond donors (Lipinski definition) is 1. The third-order valence-corrected chi connectivity index (χ3v) is 6.67. The lowest BCUT2D eigenvalue weighted by atomic mass is 10.1. The number of nitrogens with zero attached hydrogens (tertiary/aromatic N) is 1. The third kappa shape index (κ3) is 4.96. The van der Waals surface area contributed by atoms with Gasteiger partial charge in [0.05, 0.1) is 10.9 Å². The molecular weight excluding hydrogens is 495 g/mol. The molecule has 1 saturated heterocycles. The molecule has 9 heteroatoms. The number of rotatable bonds is 5. The summed E-state index contributed by atoms with van der Waals surface area (Å²) < 4.78 is 5.85. The van der Waals surface area contributed by atoms with Crippen molar-refractivity contribution in [3.05, 3.63) is 56.0 Å². The van der Waals surface area contributed by atoms with Crippen molar-refractivity contribution in [1.29, 1.82) is 0 Å². The van der Waals surface area contributed by atoms with Gasteiger partial charge >= 0.3 is 5.97 Å². The Labute approximate surface area is 192 Å². The van der Waals surface area contributed by atoms with Crippen molar-refractivity contribution in [3.8, 4) is 0 Å². The fourth-order valence-corrected chi connectivity index (χ4v) is 3.86. The van der Waals surface area contributed by atoms with E-state index in [-0.39, 0.29) is 18.9 Å². The molecule has 2 aromatic rings. The topological polar surface area (TPSA) is 75.7 Å². The zero-order valence-electron chi connectivity index (χ0n) is 16.3. The summed E-state index contributed by atoms with van der Waals surface area (Å²) in [6.07, 6.45) is 0.0212. The van der Waals surface area contributed by atoms with Crippen LogP contribution in [0.4, 0.5) is 11.4 Å². The average molecular weight is 514 g/mol. The van der Waals surface area contributed by atoms with Crippen LogP contribution in [0.2, 0.25) is 10.0 Å². The Hall–Kier alpha value is -2.09. The number of aryl methyl sites for hydroxylation is 1. The Kier molecular flexibility index (Phi) is 7.06. The lowest BCUT2D eigenvalue weighted by Crippen LogP contribution is -2.28. The molecule has 1 N–H and O–H groups in total. The van der Waals surface area contributed by atoms with Gasteiger partial charge < -0.3 is 15.0 Å². The second-order valence-corrected chi connectivity index (χ2v) is 8.67. The number of carbonyl (C=O) groups excluding carboxylic acids is 3. The second-order valence-electron chi connectivity index (χ2n) is 7.03. The van der Waals surface area contributed by atoms with Crippen molar-refractivity contribution in [2.24, 2.45) is 5.92 Å². The van der Waals surface area contributed by atoms with E-state index in [9.17, 15) is 14.4 Å². The van der Waals surface area contributed by atoms with Crippen molar-refractivity contribution in [2.45, 2.75) is 20.3 Å². The van der Waals surface area contributed by atoms with E-state index in [0.29, 0.717) is 27.0 Å². The van der Waals surface area contributed by atoms with Gasteiger partial charge in [-0.3, -0.25) is 14.4 Å². The maximum atomic E-state index is 12.4. The normalized spacial score (nSPS) is 16.0. The van der Waals surface area contributed by atoms with E-state index in [1.54, 1.807) is 31.2 Å². The lowest BCUT2D eigenvalue weighted by molar-refractivity contribution is -0.151. The molecule has 0 bridgehead atoms. The molecule has 1 aliphatic rings. The highest BCUT2D eigenvalue weighted by molar-refractivity contribution is 9.10. The second kappa shape index (κ2) is 9.37. The van der Waals surface area contributed by atoms with Gasteiger partial charge in [-0.15, -0.1) is 0 Å². The van der Waals surface area contributed by atoms with Gasteiger partial charge in [-0.25, -0.2) is 0 Å². The van der Waals surface area contributed by atoms with E-state index in [2.05, 4.69) is 21.2 Å². The fourth-order valence-electron chi connectivity index (χ4n) is 3.09. The molecule has 1 atom stereocenters. The van der Waals surface area contributed by atoms with Crippen LogP contribution in [-0.2, 0) is 19.1 Å². The molecule has 3 rings (SSSR count). The maximum Gasteiger partial charge on any atom is 0.311 e. The highest BCUT2D eigenvalue weighted by atomic mass is 79.9. The van der Waals surface area contributed by atoms with Crippen LogP contribution in [0, 0.1) is 19.8 Å². The molecule has 0 unspecified atom stereocenters. The number of hydrogen-bond acceptors (Lipinski definition) is 4. The first kappa shape index (κ1) is 22.6. The molecule has 1 heterocycles. The molecule has 2 aromatic carbocycles. The van der Waals surface area contributed by atoms with Gasteiger partial charge in [0.25, 0.3) is 5.91 Å². The van der Waals surface area contributed by atoms with E-state index < -0.39 is 24.4 Å². The first-order chi connectivity index (χ1) is 14.2. The summed E-state index contributed by atoms with van der Waals surface area (Å²) in [7, 11) is 0. The number of amides is 2. The number of benzene rings is 2. The third-order valence-electron chi connectivity index (χ3n) is 4.88. The molecular formula is C21H19BrCl2N2O4. The number of nitrogens with one attached hydrogen (secondary N) is 1. The minimum absolute atomic E-state index is 0.0212. The van der Waals surface area contributed by atoms with Crippen molar-refractivity contribution in [2.75, 3.05) is 23.4 Å². The predicted molar refractivity (Wildman–Crippen MR) is 120 cm³/mol. The summed E-state index contributed by atoms with van der Waals surface area (Å²) in [5.74, 6) is -1.92. The Morgan fingerprint density at radius 2 is 1.97 bits per heavy atom. The number of esters is 1. The van der Waals surface area contributed by atoms with Gasteiger partial charge in [0.1, 0.15) is 0 Å². The van der Waals surface area contributed by atoms with E-state index >= 15 is 0 Å². The van der Waals surface area contributed by atoms with Crippen LogP contribution < -0.4 is 10.2 Å². The first-order valence-electron chi connectivity index (χ1n) is 9.15. The molecule has 6 nitrogen and oxygen atoms in total. The molecule has 30 heavy (non-hydrogen) atoms. The summed E-state index contributed by atoms with van der Waals surface area (Å²) in [4.78, 5) is 38.4. The van der Waals surface area contributed by atoms with Crippen LogP contribution in [0.25, 0.3) is 0 Å². The smallest absolute Gasteiger partial charge is 0.311 e. The monoisotopic (exact) mass is 512 g/mol. The van der Waals surface area contributed by atoms with Crippen LogP contribution in [0.5, 0.6) is 0 Å². The van der Waals surface area contributed by atoms with E-state index in [1.807, 2.05) is 13.0 Å². The quantitative estimate of drug-likeness (QED) is 0.576. The Balaban J connectivity index is 1.56. The molecule has 2 amide bonds. The van der Waals surface area contributed by atoms with Crippen LogP contribution >= 0.6 is 39.1 Å². The van der Waals surface area contributed by atoms with Crippen LogP contribution in [0.3, 0.4) is 0 Å². The number of carbonyl (C=O) groups is 3. The molecule has 158 valence electrons. The summed E-state index contributed by atoms with van der Waals surface area (Å²) in [5, 5.41) is 3.70. The lowest BCUT2D eigenvalue weighted by Gasteiger charge is -2.17. The standard InChI is InChI=1S/C21H19BrCl2N2O4/c1-11-3-4-14(8-16(11)23)26-9-13(7-19(26)28)21(29)30-10-18(27)25-17-6-5-15(22)20(24)12(17)2/h3-6,8,13H,7,9-10H2,1-2H3,(H,25,27)/t13-/m0/s1. The minimum atomic E-state index is -0.644. The summed E-state index contributed by atoms with van der Waals surface area (Å²) >= 11 is 15.6. The highest BCUT2D eigenvalue weighted by Gasteiger charge is 2.36. The molecule has 0 spiro atoms. The van der Waals surface area contributed by atoms with Crippen molar-refractivity contribution in [1.82, 2.24) is 0 Å². The molecule has 0 aliphatic carbocycles. The highest BCUT2D eigenvalue weighted by Crippen LogP contribution is 2.31. The van der Waals surface area contributed by atoms with E-state index in [1.165, 1.54) is 4.90 Å². The fraction of sp³-hybridized carbons (Fsp3) is 0.286. The maximum absolute atomic E-state index is 12.4. The van der Waals surface area contributed by atoms with Crippen LogP contribution in [0.15, 0.2) is 34.8 Å². The zero-order valence-corrected chi connectivity index (χ0v) is 19.4. The molecule has 0 saturated carbocycles. The van der Waals surface area contributed by atoms with Crippen molar-refractivity contribution < 1.29 is 19.1 Å². The first-order valence-corrected chi connectivity index (χ1v) is 10.7. The van der Waals surface area contributed by atoms with Gasteiger partial charge in [-0.1, -0.05) is 29.3 Å². The molecule has 1 aliphatic heterocycles. The number of ether oxygens (including phenoxy) is 1.